The van der Waals surface area contributed by atoms with Crippen molar-refractivity contribution in [2.75, 3.05) is 47.5 Å². The number of carbonyl (C=O) groups is 3. The maximum Gasteiger partial charge on any atom is 0.361 e. The van der Waals surface area contributed by atoms with Gasteiger partial charge >= 0.3 is 17.9 Å². The van der Waals surface area contributed by atoms with Crippen molar-refractivity contribution in [3.8, 4) is 0 Å². The Morgan fingerprint density at radius 1 is 0.491 bits per heavy atom. The topological polar surface area (TPSA) is 108 Å². The lowest BCUT2D eigenvalue weighted by molar-refractivity contribution is -0.870. The molecule has 0 saturated heterocycles. The van der Waals surface area contributed by atoms with Gasteiger partial charge in [-0.3, -0.25) is 9.59 Å². The highest BCUT2D eigenvalue weighted by molar-refractivity contribution is 5.71. The molecule has 0 aromatic rings. The molecule has 0 bridgehead atoms. The number of quaternary nitrogens is 1. The minimum absolute atomic E-state index is 0.175. The zero-order chi connectivity index (χ0) is 39.3. The smallest absolute Gasteiger partial charge is 0.361 e. The van der Waals surface area contributed by atoms with E-state index in [2.05, 4.69) is 13.8 Å². The fourth-order valence-corrected chi connectivity index (χ4v) is 6.37. The summed E-state index contributed by atoms with van der Waals surface area (Å²) in [6, 6.07) is 0. The number of carboxylic acid groups (broad SMARTS) is 1. The molecule has 0 aromatic heterocycles. The molecule has 1 N–H and O–H groups in total. The summed E-state index contributed by atoms with van der Waals surface area (Å²) >= 11 is 0. The van der Waals surface area contributed by atoms with E-state index in [0.717, 1.165) is 38.5 Å². The molecule has 0 aliphatic heterocycles. The minimum atomic E-state index is -1.50. The van der Waals surface area contributed by atoms with Crippen molar-refractivity contribution in [2.45, 2.75) is 219 Å². The number of carbonyl (C=O) groups excluding carboxylic acids is 2. The fourth-order valence-electron chi connectivity index (χ4n) is 6.37. The quantitative estimate of drug-likeness (QED) is 0.0284. The molecule has 0 amide bonds. The first kappa shape index (κ1) is 51.3. The van der Waals surface area contributed by atoms with Crippen molar-refractivity contribution >= 4 is 17.9 Å². The number of ether oxygens (including phenoxy) is 4. The Hall–Kier alpha value is -1.71. The molecular weight excluding hydrogens is 670 g/mol. The highest BCUT2D eigenvalue weighted by Gasteiger charge is 2.25. The summed E-state index contributed by atoms with van der Waals surface area (Å²) in [4.78, 5) is 36.9. The molecule has 0 aliphatic rings. The van der Waals surface area contributed by atoms with Crippen LogP contribution in [0.25, 0.3) is 0 Å². The Morgan fingerprint density at radius 3 is 1.21 bits per heavy atom. The number of hydrogen-bond donors (Lipinski definition) is 1. The van der Waals surface area contributed by atoms with Crippen molar-refractivity contribution < 1.29 is 42.9 Å². The van der Waals surface area contributed by atoms with Crippen LogP contribution in [0.5, 0.6) is 0 Å². The van der Waals surface area contributed by atoms with Gasteiger partial charge in [0.15, 0.2) is 6.10 Å². The van der Waals surface area contributed by atoms with Gasteiger partial charge < -0.3 is 28.5 Å². The van der Waals surface area contributed by atoms with E-state index in [-0.39, 0.29) is 32.2 Å². The molecule has 53 heavy (non-hydrogen) atoms. The summed E-state index contributed by atoms with van der Waals surface area (Å²) in [5.41, 5.74) is 0. The van der Waals surface area contributed by atoms with Crippen LogP contribution in [0.4, 0.5) is 0 Å². The molecule has 0 fully saturated rings. The summed E-state index contributed by atoms with van der Waals surface area (Å²) in [6.45, 7) is 4.86. The van der Waals surface area contributed by atoms with E-state index in [4.69, 9.17) is 18.9 Å². The number of unbranched alkanes of at least 4 members (excludes halogenated alkanes) is 26. The Morgan fingerprint density at radius 2 is 0.849 bits per heavy atom. The third-order valence-electron chi connectivity index (χ3n) is 9.86. The van der Waals surface area contributed by atoms with Crippen LogP contribution in [0.3, 0.4) is 0 Å². The summed E-state index contributed by atoms with van der Waals surface area (Å²) in [7, 11) is 5.96. The average molecular weight is 757 g/mol. The highest BCUT2D eigenvalue weighted by Crippen LogP contribution is 2.16. The van der Waals surface area contributed by atoms with E-state index in [9.17, 15) is 19.5 Å². The van der Waals surface area contributed by atoms with Gasteiger partial charge in [-0.1, -0.05) is 181 Å². The molecule has 0 spiro atoms. The first-order chi connectivity index (χ1) is 25.6. The van der Waals surface area contributed by atoms with Gasteiger partial charge in [0.2, 0.25) is 0 Å². The van der Waals surface area contributed by atoms with Crippen LogP contribution in [-0.4, -0.2) is 87.4 Å². The van der Waals surface area contributed by atoms with Gasteiger partial charge in [-0.25, -0.2) is 4.79 Å². The van der Waals surface area contributed by atoms with Crippen LogP contribution in [-0.2, 0) is 33.3 Å². The monoisotopic (exact) mass is 757 g/mol. The Labute approximate surface area is 326 Å². The summed E-state index contributed by atoms with van der Waals surface area (Å²) < 4.78 is 22.7. The second-order valence-corrected chi connectivity index (χ2v) is 16.4. The summed E-state index contributed by atoms with van der Waals surface area (Å²) in [5, 5.41) is 9.60. The third-order valence-corrected chi connectivity index (χ3v) is 9.86. The van der Waals surface area contributed by atoms with Crippen molar-refractivity contribution in [3.05, 3.63) is 0 Å². The highest BCUT2D eigenvalue weighted by atomic mass is 16.7. The Balaban J connectivity index is 4.28. The predicted octanol–water partition coefficient (Wildman–Crippen LogP) is 11.3. The summed E-state index contributed by atoms with van der Waals surface area (Å²) in [5.74, 6) is -1.99. The van der Waals surface area contributed by atoms with E-state index < -0.39 is 24.3 Å². The number of aliphatic carboxylic acids is 1. The number of hydrogen-bond acceptors (Lipinski definition) is 7. The van der Waals surface area contributed by atoms with Crippen molar-refractivity contribution in [2.24, 2.45) is 0 Å². The number of rotatable bonds is 41. The predicted molar refractivity (Wildman–Crippen MR) is 217 cm³/mol. The van der Waals surface area contributed by atoms with Gasteiger partial charge in [-0.05, 0) is 12.8 Å². The second kappa shape index (κ2) is 37.2. The molecule has 0 aliphatic carbocycles. The van der Waals surface area contributed by atoms with Gasteiger partial charge in [0.05, 0.1) is 34.4 Å². The van der Waals surface area contributed by atoms with Crippen LogP contribution in [0, 0.1) is 0 Å². The molecule has 314 valence electrons. The second-order valence-electron chi connectivity index (χ2n) is 16.4. The normalized spacial score (nSPS) is 12.8. The van der Waals surface area contributed by atoms with Crippen LogP contribution in [0.15, 0.2) is 0 Å². The number of likely N-dealkylation sites (N-methyl/N-ethyl adjacent to an activating group) is 1. The molecule has 0 radical (unpaired) electrons. The first-order valence-electron chi connectivity index (χ1n) is 22.2. The van der Waals surface area contributed by atoms with Gasteiger partial charge in [0.25, 0.3) is 6.29 Å². The van der Waals surface area contributed by atoms with E-state index in [0.29, 0.717) is 17.4 Å². The van der Waals surface area contributed by atoms with Gasteiger partial charge in [0.1, 0.15) is 13.2 Å². The Bertz CT molecular complexity index is 846. The largest absolute Gasteiger partial charge is 0.477 e. The maximum absolute atomic E-state index is 12.7. The first-order valence-corrected chi connectivity index (χ1v) is 22.2. The number of carboxylic acids is 1. The van der Waals surface area contributed by atoms with Crippen LogP contribution >= 0.6 is 0 Å². The van der Waals surface area contributed by atoms with E-state index in [1.54, 1.807) is 0 Å². The molecule has 0 heterocycles. The van der Waals surface area contributed by atoms with Gasteiger partial charge in [0, 0.05) is 12.8 Å². The lowest BCUT2D eigenvalue weighted by atomic mass is 10.0. The lowest BCUT2D eigenvalue weighted by Crippen LogP contribution is -2.40. The minimum Gasteiger partial charge on any atom is -0.477 e. The number of nitrogens with zero attached hydrogens (tertiary/aromatic N) is 1. The van der Waals surface area contributed by atoms with Crippen molar-refractivity contribution in [1.82, 2.24) is 0 Å². The maximum atomic E-state index is 12.7. The van der Waals surface area contributed by atoms with E-state index in [1.807, 2.05) is 21.1 Å². The fraction of sp³-hybridized carbons (Fsp3) is 0.932. The van der Waals surface area contributed by atoms with Crippen LogP contribution < -0.4 is 0 Å². The molecule has 2 atom stereocenters. The van der Waals surface area contributed by atoms with E-state index >= 15 is 0 Å². The molecule has 2 unspecified atom stereocenters. The van der Waals surface area contributed by atoms with E-state index in [1.165, 1.54) is 141 Å². The SMILES string of the molecule is CCCCCCCCCCCCCCCCCCCCCCC(=O)OC(COC(=O)CCCCCCCCCC)COC(OCC[N+](C)(C)C)C(=O)O. The van der Waals surface area contributed by atoms with Crippen molar-refractivity contribution in [3.63, 3.8) is 0 Å². The molecular formula is C44H86NO8+. The third kappa shape index (κ3) is 38.4. The molecule has 0 rings (SSSR count). The van der Waals surface area contributed by atoms with Crippen LogP contribution in [0.1, 0.15) is 206 Å². The summed E-state index contributed by atoms with van der Waals surface area (Å²) in [6.07, 6.45) is 33.2. The molecule has 9 nitrogen and oxygen atoms in total. The lowest BCUT2D eigenvalue weighted by Gasteiger charge is -2.25. The Kier molecular flexibility index (Phi) is 36.0. The number of esters is 2. The molecule has 0 saturated carbocycles. The molecule has 9 heteroatoms. The van der Waals surface area contributed by atoms with Gasteiger partial charge in [-0.15, -0.1) is 0 Å². The average Bonchev–Trinajstić information content (AvgIpc) is 3.11. The van der Waals surface area contributed by atoms with Gasteiger partial charge in [-0.2, -0.15) is 0 Å². The standard InChI is InChI=1S/C44H85NO8/c1-6-8-10-12-14-16-17-18-19-20-21-22-23-24-25-26-27-29-31-33-35-42(47)53-40(39-52-44(43(48)49)50-37-36-45(3,4)5)38-51-41(46)34-32-30-28-15-13-11-9-7-2/h40,44H,6-39H2,1-5H3/p+1. The van der Waals surface area contributed by atoms with Crippen LogP contribution in [0.2, 0.25) is 0 Å². The molecule has 0 aromatic carbocycles. The zero-order valence-electron chi connectivity index (χ0n) is 35.4. The van der Waals surface area contributed by atoms with Crippen molar-refractivity contribution in [1.29, 1.82) is 0 Å². The zero-order valence-corrected chi connectivity index (χ0v) is 35.4.